The van der Waals surface area contributed by atoms with Crippen LogP contribution < -0.4 is 11.1 Å². The number of thiazole rings is 1. The third-order valence-corrected chi connectivity index (χ3v) is 4.85. The maximum Gasteiger partial charge on any atom is 0.228 e. The number of nitrogens with zero attached hydrogens (tertiary/aromatic N) is 2. The number of amides is 2. The highest BCUT2D eigenvalue weighted by Gasteiger charge is 2.34. The highest BCUT2D eigenvalue weighted by atomic mass is 35.5. The number of halogens is 2. The molecule has 0 spiro atoms. The molecule has 2 rings (SSSR count). The first kappa shape index (κ1) is 23.1. The number of carbonyl (C=O) groups excluding carboxylic acids is 2. The van der Waals surface area contributed by atoms with Gasteiger partial charge in [0.2, 0.25) is 11.8 Å². The van der Waals surface area contributed by atoms with Crippen LogP contribution in [0.3, 0.4) is 0 Å². The Kier molecular flexibility index (Phi) is 9.20. The maximum absolute atomic E-state index is 12.3. The summed E-state index contributed by atoms with van der Waals surface area (Å²) in [6.07, 6.45) is 1.22. The molecule has 138 valence electrons. The number of nitrogens with two attached hydrogens (primary N) is 1. The number of hydrogen-bond acceptors (Lipinski definition) is 5. The van der Waals surface area contributed by atoms with Gasteiger partial charge in [-0.25, -0.2) is 4.98 Å². The van der Waals surface area contributed by atoms with E-state index in [9.17, 15) is 9.59 Å². The highest BCUT2D eigenvalue weighted by molar-refractivity contribution is 7.13. The second-order valence-electron chi connectivity index (χ2n) is 6.54. The Morgan fingerprint density at radius 1 is 1.46 bits per heavy atom. The average Bonchev–Trinajstić information content (AvgIpc) is 3.06. The van der Waals surface area contributed by atoms with Crippen LogP contribution in [0.4, 0.5) is 5.13 Å². The van der Waals surface area contributed by atoms with Crippen LogP contribution >= 0.6 is 36.2 Å². The Balaban J connectivity index is 0.00000264. The van der Waals surface area contributed by atoms with Gasteiger partial charge in [0.1, 0.15) is 0 Å². The van der Waals surface area contributed by atoms with Crippen molar-refractivity contribution in [2.45, 2.75) is 33.6 Å². The number of rotatable bonds is 5. The molecule has 1 atom stereocenters. The predicted octanol–water partition coefficient (Wildman–Crippen LogP) is 2.32. The van der Waals surface area contributed by atoms with Gasteiger partial charge >= 0.3 is 0 Å². The largest absolute Gasteiger partial charge is 0.342 e. The number of nitrogens with one attached hydrogen (secondary N) is 1. The summed E-state index contributed by atoms with van der Waals surface area (Å²) in [4.78, 5) is 30.1. The van der Waals surface area contributed by atoms with Crippen molar-refractivity contribution in [1.82, 2.24) is 9.88 Å². The molecule has 24 heavy (non-hydrogen) atoms. The lowest BCUT2D eigenvalue weighted by molar-refractivity contribution is -0.129. The quantitative estimate of drug-likeness (QED) is 0.798. The maximum atomic E-state index is 12.3. The highest BCUT2D eigenvalue weighted by Crippen LogP contribution is 2.29. The molecule has 6 nitrogen and oxygen atoms in total. The zero-order valence-electron chi connectivity index (χ0n) is 14.2. The van der Waals surface area contributed by atoms with Gasteiger partial charge in [0.15, 0.2) is 5.13 Å². The van der Waals surface area contributed by atoms with Crippen LogP contribution in [0.2, 0.25) is 0 Å². The first-order valence-electron chi connectivity index (χ1n) is 7.56. The Hall–Kier alpha value is -0.890. The summed E-state index contributed by atoms with van der Waals surface area (Å²) in [5, 5.41) is 5.13. The van der Waals surface area contributed by atoms with Crippen molar-refractivity contribution in [2.75, 3.05) is 25.0 Å². The zero-order valence-corrected chi connectivity index (χ0v) is 16.7. The molecule has 0 radical (unpaired) electrons. The van der Waals surface area contributed by atoms with Gasteiger partial charge in [-0.3, -0.25) is 9.59 Å². The van der Waals surface area contributed by atoms with E-state index in [1.807, 2.05) is 24.1 Å². The van der Waals surface area contributed by atoms with Gasteiger partial charge in [0, 0.05) is 24.4 Å². The second-order valence-corrected chi connectivity index (χ2v) is 7.40. The lowest BCUT2D eigenvalue weighted by Gasteiger charge is -2.22. The third-order valence-electron chi connectivity index (χ3n) is 4.04. The van der Waals surface area contributed by atoms with Gasteiger partial charge in [-0.2, -0.15) is 0 Å². The number of aromatic nitrogens is 1. The molecule has 0 bridgehead atoms. The van der Waals surface area contributed by atoms with Crippen LogP contribution in [0.25, 0.3) is 0 Å². The third kappa shape index (κ3) is 5.88. The van der Waals surface area contributed by atoms with Crippen LogP contribution in [0.15, 0.2) is 5.38 Å². The van der Waals surface area contributed by atoms with Crippen LogP contribution in [0.1, 0.15) is 32.9 Å². The van der Waals surface area contributed by atoms with E-state index in [-0.39, 0.29) is 54.4 Å². The smallest absolute Gasteiger partial charge is 0.228 e. The molecule has 1 aromatic heterocycles. The summed E-state index contributed by atoms with van der Waals surface area (Å²) in [6, 6.07) is 0. The van der Waals surface area contributed by atoms with Crippen molar-refractivity contribution in [3.05, 3.63) is 11.1 Å². The number of likely N-dealkylation sites (tertiary alicyclic amines) is 1. The summed E-state index contributed by atoms with van der Waals surface area (Å²) in [5.41, 5.74) is 6.51. The number of hydrogen-bond donors (Lipinski definition) is 2. The zero-order chi connectivity index (χ0) is 16.3. The second kappa shape index (κ2) is 9.56. The first-order chi connectivity index (χ1) is 10.3. The van der Waals surface area contributed by atoms with E-state index in [2.05, 4.69) is 17.2 Å². The van der Waals surface area contributed by atoms with Crippen molar-refractivity contribution in [3.63, 3.8) is 0 Å². The van der Waals surface area contributed by atoms with Crippen LogP contribution in [-0.2, 0) is 16.0 Å². The molecule has 0 aliphatic carbocycles. The minimum absolute atomic E-state index is 0. The summed E-state index contributed by atoms with van der Waals surface area (Å²) < 4.78 is 0. The summed E-state index contributed by atoms with van der Waals surface area (Å²) in [7, 11) is 0. The Labute approximate surface area is 159 Å². The molecule has 2 heterocycles. The molecule has 1 aliphatic rings. The molecular formula is C15H26Cl2N4O2S. The molecular weight excluding hydrogens is 371 g/mol. The molecule has 1 aromatic rings. The van der Waals surface area contributed by atoms with Crippen molar-refractivity contribution in [2.24, 2.45) is 17.1 Å². The topological polar surface area (TPSA) is 88.3 Å². The van der Waals surface area contributed by atoms with E-state index in [0.717, 1.165) is 13.0 Å². The van der Waals surface area contributed by atoms with Crippen molar-refractivity contribution >= 4 is 53.1 Å². The molecule has 1 aliphatic heterocycles. The monoisotopic (exact) mass is 396 g/mol. The Morgan fingerprint density at radius 2 is 2.12 bits per heavy atom. The minimum Gasteiger partial charge on any atom is -0.342 e. The van der Waals surface area contributed by atoms with Gasteiger partial charge in [-0.15, -0.1) is 36.2 Å². The van der Waals surface area contributed by atoms with Crippen LogP contribution in [-0.4, -0.2) is 41.3 Å². The summed E-state index contributed by atoms with van der Waals surface area (Å²) >= 11 is 1.35. The van der Waals surface area contributed by atoms with E-state index in [1.165, 1.54) is 11.3 Å². The molecule has 2 amide bonds. The normalized spacial score (nSPS) is 19.6. The molecule has 1 saturated heterocycles. The lowest BCUT2D eigenvalue weighted by atomic mass is 9.90. The lowest BCUT2D eigenvalue weighted by Crippen LogP contribution is -2.35. The molecule has 9 heteroatoms. The minimum atomic E-state index is -0.0903. The Bertz CT molecular complexity index is 567. The van der Waals surface area contributed by atoms with E-state index < -0.39 is 0 Å². The van der Waals surface area contributed by atoms with Gasteiger partial charge in [0.25, 0.3) is 0 Å². The standard InChI is InChI=1S/C15H24N4O2S.2ClH/c1-10(2)13(21)18-14-17-11(7-22-14)6-12(20)19-5-4-15(3,8-16)9-19;;/h7,10H,4-6,8-9,16H2,1-3H3,(H,17,18,21);2*1H. The Morgan fingerprint density at radius 3 is 2.67 bits per heavy atom. The molecule has 3 N–H and O–H groups in total. The van der Waals surface area contributed by atoms with Crippen molar-refractivity contribution in [3.8, 4) is 0 Å². The van der Waals surface area contributed by atoms with E-state index in [0.29, 0.717) is 23.9 Å². The fraction of sp³-hybridized carbons (Fsp3) is 0.667. The molecule has 0 saturated carbocycles. The molecule has 1 fully saturated rings. The fourth-order valence-electron chi connectivity index (χ4n) is 2.37. The van der Waals surface area contributed by atoms with Crippen molar-refractivity contribution < 1.29 is 9.59 Å². The summed E-state index contributed by atoms with van der Waals surface area (Å²) in [5.74, 6) is -0.0813. The fourth-order valence-corrected chi connectivity index (χ4v) is 3.08. The van der Waals surface area contributed by atoms with E-state index in [4.69, 9.17) is 5.73 Å². The number of anilines is 1. The SMILES string of the molecule is CC(C)C(=O)Nc1nc(CC(=O)N2CCC(C)(CN)C2)cs1.Cl.Cl. The predicted molar refractivity (Wildman–Crippen MR) is 102 cm³/mol. The van der Waals surface area contributed by atoms with E-state index in [1.54, 1.807) is 0 Å². The van der Waals surface area contributed by atoms with E-state index >= 15 is 0 Å². The first-order valence-corrected chi connectivity index (χ1v) is 8.44. The van der Waals surface area contributed by atoms with Gasteiger partial charge in [-0.1, -0.05) is 20.8 Å². The van der Waals surface area contributed by atoms with Crippen molar-refractivity contribution in [1.29, 1.82) is 0 Å². The molecule has 0 aromatic carbocycles. The average molecular weight is 397 g/mol. The van der Waals surface area contributed by atoms with Gasteiger partial charge in [-0.05, 0) is 18.4 Å². The van der Waals surface area contributed by atoms with Crippen LogP contribution in [0.5, 0.6) is 0 Å². The van der Waals surface area contributed by atoms with Crippen LogP contribution in [0, 0.1) is 11.3 Å². The van der Waals surface area contributed by atoms with Gasteiger partial charge in [0.05, 0.1) is 12.1 Å². The molecule has 1 unspecified atom stereocenters. The number of carbonyl (C=O) groups is 2. The van der Waals surface area contributed by atoms with Gasteiger partial charge < -0.3 is 16.0 Å². The summed E-state index contributed by atoms with van der Waals surface area (Å²) in [6.45, 7) is 7.84.